The number of carbonyl (C=O) groups is 10. The summed E-state index contributed by atoms with van der Waals surface area (Å²) < 4.78 is 73.8. The summed E-state index contributed by atoms with van der Waals surface area (Å²) in [4.78, 5) is 137. The molecule has 2 aliphatic heterocycles. The maximum absolute atomic E-state index is 12.8. The molecule has 6 amide bonds. The van der Waals surface area contributed by atoms with E-state index in [-0.39, 0.29) is 158 Å². The maximum Gasteiger partial charge on any atom is 0.412 e. The second-order valence-corrected chi connectivity index (χ2v) is 29.6. The van der Waals surface area contributed by atoms with E-state index in [4.69, 9.17) is 96.4 Å². The number of amides is 6. The normalized spacial score (nSPS) is 17.1. The maximum atomic E-state index is 12.8. The predicted octanol–water partition coefficient (Wildman–Crippen LogP) is 5.01. The number of pyridine rings is 1. The standard InChI is InChI=1S/C36H46N6O10.C27H45N3O9S.C12H22O7.C7H16O4/c1-3-25(22-43)50-30(47-2)23-49-29(45)13-7-12-28(44)37-14-4-5-15-39-36(46)51-26-10-6-9-24(21-26)33-40-31-27-11-8-16-38-35(27)52-32(31)34(41-33)42-17-19-48-20-18-42;1-4-20(16-31)39-25(37-3)17-38-24(34)7-5-6-22(32)29-12-13-40-21-14-23(33)30(27(21)36)15-18-8-10-19(11-9-18)26(35)28-2;1-3-9(7-13)19-12(17-2)8-18-11(16)6-4-5-10(14)15;1-3-6(4-8)11-7(5-9)10-2/h6,8-11,16,21,25,30,43H,3-5,7,12-15,17-20,22-23H2,1-2H3,(H,37,44)(H,39,46);18-21,25,31H,4-17H2,1-3H3,(H,28,35)(H,29,32);9,12-13H,3-8H2,1-2H3,(H,14,15);6-9H,3-5H2,1-2H3. The molecule has 5 heterocycles. The molecule has 39 nitrogen and oxygen atoms in total. The Morgan fingerprint density at radius 3 is 1.57 bits per heavy atom. The molecule has 10 N–H and O–H groups in total. The number of esters is 3. The number of hydrogen-bond acceptors (Lipinski definition) is 34. The molecule has 1 aliphatic carbocycles. The third-order valence-corrected chi connectivity index (χ3v) is 20.6. The zero-order valence-electron chi connectivity index (χ0n) is 71.7. The highest BCUT2D eigenvalue weighted by atomic mass is 32.2. The molecular weight excluding hydrogens is 1620 g/mol. The smallest absolute Gasteiger partial charge is 0.412 e. The van der Waals surface area contributed by atoms with Crippen LogP contribution < -0.4 is 30.9 Å². The average molecular weight is 1750 g/mol. The number of carboxylic acid groups (broad SMARTS) is 1. The van der Waals surface area contributed by atoms with Gasteiger partial charge < -0.3 is 123 Å². The van der Waals surface area contributed by atoms with Crippen LogP contribution in [0.5, 0.6) is 5.75 Å². The first-order valence-electron chi connectivity index (χ1n) is 41.5. The fourth-order valence-electron chi connectivity index (χ4n) is 12.2. The van der Waals surface area contributed by atoms with Crippen molar-refractivity contribution in [2.75, 3.05) is 151 Å². The SMILES string of the molecule is CCC(CO)OC(CO)OC.CCC(CO)OC(COC(=O)CCCC(=O)NCCCCNC(=O)Oc1cccc(-c2nc(N3CCOCC3)c3oc4ncccc4c3n2)c1)OC.CCC(CO)OC(COC(=O)CCCC(=O)NCCSC1CC(=O)N(CC2CCC(C(=O)NC)CC2)C1=O)OC.CCC(CO)OC(COC(=O)CCCC(=O)O)OC. The van der Waals surface area contributed by atoms with Gasteiger partial charge in [0.05, 0.1) is 81.3 Å². The second kappa shape index (κ2) is 61.8. The van der Waals surface area contributed by atoms with Crippen LogP contribution in [0.3, 0.4) is 0 Å². The third-order valence-electron chi connectivity index (χ3n) is 19.4. The number of benzene rings is 1. The first-order chi connectivity index (χ1) is 58.9. The third kappa shape index (κ3) is 40.5. The average Bonchev–Trinajstić information content (AvgIpc) is 1.59. The van der Waals surface area contributed by atoms with Gasteiger partial charge in [-0.05, 0) is 114 Å². The number of likely N-dealkylation sites (tertiary alicyclic amines) is 1. The summed E-state index contributed by atoms with van der Waals surface area (Å²) in [6.45, 7) is 10.5. The van der Waals surface area contributed by atoms with Gasteiger partial charge in [0.1, 0.15) is 31.1 Å². The van der Waals surface area contributed by atoms with E-state index in [1.165, 1.54) is 45.1 Å². The fourth-order valence-corrected chi connectivity index (χ4v) is 13.2. The number of nitrogens with zero attached hydrogens (tertiary/aromatic N) is 5. The molecule has 9 unspecified atom stereocenters. The van der Waals surface area contributed by atoms with Gasteiger partial charge in [-0.3, -0.25) is 48.1 Å². The summed E-state index contributed by atoms with van der Waals surface area (Å²) in [6.07, 6.45) is 5.21. The number of rotatable bonds is 54. The van der Waals surface area contributed by atoms with Crippen LogP contribution in [0, 0.1) is 11.8 Å². The zero-order valence-corrected chi connectivity index (χ0v) is 72.5. The lowest BCUT2D eigenvalue weighted by Gasteiger charge is -2.29. The van der Waals surface area contributed by atoms with E-state index < -0.39 is 72.6 Å². The van der Waals surface area contributed by atoms with E-state index >= 15 is 0 Å². The molecule has 0 spiro atoms. The van der Waals surface area contributed by atoms with Gasteiger partial charge in [0.25, 0.3) is 0 Å². The molecule has 9 atom stereocenters. The summed E-state index contributed by atoms with van der Waals surface area (Å²) in [7, 11) is 7.35. The lowest BCUT2D eigenvalue weighted by molar-refractivity contribution is -0.194. The number of thioether (sulfide) groups is 1. The highest BCUT2D eigenvalue weighted by molar-refractivity contribution is 8.00. The first-order valence-corrected chi connectivity index (χ1v) is 42.6. The molecule has 2 saturated heterocycles. The Kier molecular flexibility index (Phi) is 53.6. The first kappa shape index (κ1) is 106. The summed E-state index contributed by atoms with van der Waals surface area (Å²) >= 11 is 1.37. The van der Waals surface area contributed by atoms with E-state index in [9.17, 15) is 58.2 Å². The Balaban J connectivity index is 0.000000391. The van der Waals surface area contributed by atoms with E-state index in [1.54, 1.807) is 31.4 Å². The lowest BCUT2D eigenvalue weighted by atomic mass is 9.81. The molecule has 688 valence electrons. The van der Waals surface area contributed by atoms with Gasteiger partial charge in [-0.15, -0.1) is 11.8 Å². The second-order valence-electron chi connectivity index (χ2n) is 28.3. The van der Waals surface area contributed by atoms with Crippen LogP contribution in [0.15, 0.2) is 47.0 Å². The van der Waals surface area contributed by atoms with Gasteiger partial charge in [-0.1, -0.05) is 39.8 Å². The summed E-state index contributed by atoms with van der Waals surface area (Å²) in [5, 5.41) is 64.5. The molecule has 122 heavy (non-hydrogen) atoms. The lowest BCUT2D eigenvalue weighted by Crippen LogP contribution is -2.38. The number of methoxy groups -OCH3 is 4. The van der Waals surface area contributed by atoms with Gasteiger partial charge in [-0.25, -0.2) is 19.7 Å². The van der Waals surface area contributed by atoms with Crippen molar-refractivity contribution in [1.29, 1.82) is 0 Å². The van der Waals surface area contributed by atoms with Crippen LogP contribution in [0.2, 0.25) is 0 Å². The number of nitrogens with one attached hydrogen (secondary N) is 4. The number of furan rings is 1. The molecule has 4 aromatic rings. The van der Waals surface area contributed by atoms with Crippen LogP contribution in [0.25, 0.3) is 33.6 Å². The topological polar surface area (TPSA) is 518 Å². The molecular formula is C82H129N9O30S. The minimum absolute atomic E-state index is 0.0129. The number of anilines is 1. The minimum Gasteiger partial charge on any atom is -0.481 e. The van der Waals surface area contributed by atoms with Crippen LogP contribution in [0.4, 0.5) is 10.6 Å². The number of hydrogen-bond donors (Lipinski definition) is 10. The van der Waals surface area contributed by atoms with Gasteiger partial charge >= 0.3 is 30.0 Å². The molecule has 1 aromatic carbocycles. The number of aliphatic hydroxyl groups is 5. The van der Waals surface area contributed by atoms with Gasteiger partial charge in [0.2, 0.25) is 35.2 Å². The van der Waals surface area contributed by atoms with Gasteiger partial charge in [0, 0.05) is 143 Å². The predicted molar refractivity (Wildman–Crippen MR) is 443 cm³/mol. The number of carbonyl (C=O) groups excluding carboxylic acids is 9. The van der Waals surface area contributed by atoms with E-state index in [1.807, 2.05) is 45.9 Å². The van der Waals surface area contributed by atoms with Gasteiger partial charge in [-0.2, -0.15) is 0 Å². The number of ether oxygens (including phenoxy) is 13. The fraction of sp³-hybridized carbons (Fsp3) is 0.695. The number of aromatic nitrogens is 3. The molecule has 40 heteroatoms. The minimum atomic E-state index is -0.945. The Bertz CT molecular complexity index is 3690. The Morgan fingerprint density at radius 1 is 0.590 bits per heavy atom. The molecule has 7 rings (SSSR count). The van der Waals surface area contributed by atoms with Crippen molar-refractivity contribution in [3.8, 4) is 17.1 Å². The summed E-state index contributed by atoms with van der Waals surface area (Å²) in [6, 6.07) is 10.8. The molecule has 0 radical (unpaired) electrons. The zero-order chi connectivity index (χ0) is 89.6. The molecule has 1 saturated carbocycles. The number of aliphatic hydroxyl groups excluding tert-OH is 5. The van der Waals surface area contributed by atoms with Crippen molar-refractivity contribution in [2.45, 2.75) is 211 Å². The van der Waals surface area contributed by atoms with Crippen LogP contribution in [-0.2, 0) is 100.0 Å². The Morgan fingerprint density at radius 2 is 1.09 bits per heavy atom. The largest absolute Gasteiger partial charge is 0.481 e. The number of unbranched alkanes of at least 4 members (excludes halogenated alkanes) is 1. The number of aliphatic carboxylic acids is 1. The number of imide groups is 1. The van der Waals surface area contributed by atoms with Crippen LogP contribution in [0.1, 0.15) is 156 Å². The van der Waals surface area contributed by atoms with Crippen molar-refractivity contribution in [3.63, 3.8) is 0 Å². The monoisotopic (exact) mass is 1750 g/mol. The van der Waals surface area contributed by atoms with E-state index in [0.717, 1.165) is 31.1 Å². The molecule has 3 fully saturated rings. The van der Waals surface area contributed by atoms with E-state index in [2.05, 4.69) is 31.2 Å². The Hall–Kier alpha value is -8.46. The number of morpholine rings is 1. The highest BCUT2D eigenvalue weighted by Gasteiger charge is 2.41. The van der Waals surface area contributed by atoms with Crippen LogP contribution >= 0.6 is 11.8 Å². The highest BCUT2D eigenvalue weighted by Crippen LogP contribution is 2.36. The van der Waals surface area contributed by atoms with Gasteiger partial charge in [0.15, 0.2) is 42.4 Å². The number of carboxylic acids is 1. The molecule has 0 bridgehead atoms. The van der Waals surface area contributed by atoms with Crippen molar-refractivity contribution in [1.82, 2.24) is 41.1 Å². The van der Waals surface area contributed by atoms with E-state index in [0.29, 0.717) is 149 Å². The van der Waals surface area contributed by atoms with Crippen molar-refractivity contribution >= 4 is 99.3 Å². The number of fused-ring (bicyclic) bond motifs is 3. The summed E-state index contributed by atoms with van der Waals surface area (Å²) in [5.74, 6) is -0.852. The molecule has 3 aliphatic rings. The molecule has 3 aromatic heterocycles. The Labute approximate surface area is 715 Å². The van der Waals surface area contributed by atoms with Crippen molar-refractivity contribution in [3.05, 3.63) is 42.6 Å². The summed E-state index contributed by atoms with van der Waals surface area (Å²) in [5.41, 5.74) is 2.36. The quantitative estimate of drug-likeness (QED) is 0.00913. The van der Waals surface area contributed by atoms with Crippen LogP contribution in [-0.4, -0.2) is 311 Å². The van der Waals surface area contributed by atoms with Crippen molar-refractivity contribution < 1.29 is 145 Å². The van der Waals surface area contributed by atoms with Crippen molar-refractivity contribution in [2.24, 2.45) is 11.8 Å².